The summed E-state index contributed by atoms with van der Waals surface area (Å²) in [5, 5.41) is 0. The van der Waals surface area contributed by atoms with E-state index in [0.29, 0.717) is 6.29 Å². The van der Waals surface area contributed by atoms with Crippen molar-refractivity contribution in [3.8, 4) is 0 Å². The molecule has 0 aliphatic heterocycles. The Kier molecular flexibility index (Phi) is 12.4. The molecular weight excluding hydrogens is 104 g/mol. The summed E-state index contributed by atoms with van der Waals surface area (Å²) in [4.78, 5) is 19.2. The van der Waals surface area contributed by atoms with Crippen molar-refractivity contribution in [3.05, 3.63) is 0 Å². The Bertz CT molecular complexity index is 66.9. The van der Waals surface area contributed by atoms with Gasteiger partial charge in [-0.2, -0.15) is 0 Å². The van der Waals surface area contributed by atoms with Crippen LogP contribution in [0.15, 0.2) is 0 Å². The van der Waals surface area contributed by atoms with Gasteiger partial charge in [-0.25, -0.2) is 0 Å². The lowest BCUT2D eigenvalue weighted by molar-refractivity contribution is -0.120. The van der Waals surface area contributed by atoms with Crippen LogP contribution in [-0.4, -0.2) is 12.1 Å². The molecular formula is C6H12O2. The van der Waals surface area contributed by atoms with Crippen molar-refractivity contribution in [2.75, 3.05) is 0 Å². The molecule has 0 spiro atoms. The van der Waals surface area contributed by atoms with Crippen molar-refractivity contribution in [3.63, 3.8) is 0 Å². The van der Waals surface area contributed by atoms with E-state index in [-0.39, 0.29) is 12.2 Å². The molecule has 0 amide bonds. The summed E-state index contributed by atoms with van der Waals surface area (Å²) in [6, 6.07) is 0. The molecule has 0 N–H and O–H groups in total. The molecule has 0 aromatic heterocycles. The van der Waals surface area contributed by atoms with Gasteiger partial charge in [-0.15, -0.1) is 0 Å². The van der Waals surface area contributed by atoms with Gasteiger partial charge in [0, 0.05) is 0 Å². The van der Waals surface area contributed by atoms with Crippen molar-refractivity contribution >= 4 is 12.1 Å². The smallest absolute Gasteiger partial charge is 0.136 e. The third kappa shape index (κ3) is 18.4. The monoisotopic (exact) mass is 116 g/mol. The molecule has 0 saturated heterocycles. The largest absolute Gasteiger partial charge is 0.303 e. The highest BCUT2D eigenvalue weighted by molar-refractivity contribution is 5.87. The highest BCUT2D eigenvalue weighted by atomic mass is 16.1. The molecule has 48 valence electrons. The normalized spacial score (nSPS) is 6.38. The molecule has 0 heterocycles. The van der Waals surface area contributed by atoms with E-state index in [0.717, 1.165) is 0 Å². The maximum Gasteiger partial charge on any atom is 0.136 e. The third-order valence-corrected chi connectivity index (χ3v) is 0.371. The van der Waals surface area contributed by atoms with E-state index < -0.39 is 0 Å². The zero-order valence-electron chi connectivity index (χ0n) is 5.60. The van der Waals surface area contributed by atoms with Gasteiger partial charge < -0.3 is 4.79 Å². The van der Waals surface area contributed by atoms with Crippen molar-refractivity contribution in [1.29, 1.82) is 0 Å². The van der Waals surface area contributed by atoms with Crippen LogP contribution in [0.25, 0.3) is 0 Å². The summed E-state index contributed by atoms with van der Waals surface area (Å²) in [6.07, 6.45) is 0.655. The SMILES string of the molecule is CC.CC(=O)CC=O. The third-order valence-electron chi connectivity index (χ3n) is 0.371. The minimum absolute atomic E-state index is 0.0556. The van der Waals surface area contributed by atoms with Crippen molar-refractivity contribution in [1.82, 2.24) is 0 Å². The van der Waals surface area contributed by atoms with Crippen molar-refractivity contribution in [2.24, 2.45) is 0 Å². The zero-order valence-corrected chi connectivity index (χ0v) is 5.60. The predicted molar refractivity (Wildman–Crippen MR) is 32.7 cm³/mol. The molecule has 0 fully saturated rings. The second-order valence-electron chi connectivity index (χ2n) is 1.07. The van der Waals surface area contributed by atoms with Crippen LogP contribution in [0, 0.1) is 0 Å². The van der Waals surface area contributed by atoms with Gasteiger partial charge in [-0.1, -0.05) is 13.8 Å². The fourth-order valence-corrected chi connectivity index (χ4v) is 0.117. The van der Waals surface area contributed by atoms with Gasteiger partial charge in [0.15, 0.2) is 0 Å². The number of Topliss-reactive ketones (excluding diaryl/α,β-unsaturated/α-hetero) is 1. The van der Waals surface area contributed by atoms with E-state index >= 15 is 0 Å². The Morgan fingerprint density at radius 3 is 1.88 bits per heavy atom. The second kappa shape index (κ2) is 9.60. The van der Waals surface area contributed by atoms with Gasteiger partial charge in [0.05, 0.1) is 6.42 Å². The maximum atomic E-state index is 9.81. The van der Waals surface area contributed by atoms with E-state index in [2.05, 4.69) is 0 Å². The van der Waals surface area contributed by atoms with Crippen LogP contribution in [0.4, 0.5) is 0 Å². The molecule has 2 heteroatoms. The number of rotatable bonds is 2. The highest BCUT2D eigenvalue weighted by Gasteiger charge is 1.83. The lowest BCUT2D eigenvalue weighted by atomic mass is 10.3. The molecule has 0 radical (unpaired) electrons. The number of carbonyl (C=O) groups excluding carboxylic acids is 2. The zero-order chi connectivity index (χ0) is 6.99. The first-order valence-electron chi connectivity index (χ1n) is 2.70. The van der Waals surface area contributed by atoms with Gasteiger partial charge in [0.25, 0.3) is 0 Å². The van der Waals surface area contributed by atoms with E-state index in [4.69, 9.17) is 0 Å². The first kappa shape index (κ1) is 10.3. The van der Waals surface area contributed by atoms with Crippen molar-refractivity contribution < 1.29 is 9.59 Å². The maximum absolute atomic E-state index is 9.81. The predicted octanol–water partition coefficient (Wildman–Crippen LogP) is 1.19. The lowest BCUT2D eigenvalue weighted by Crippen LogP contribution is -1.87. The van der Waals surface area contributed by atoms with Crippen molar-refractivity contribution in [2.45, 2.75) is 27.2 Å². The molecule has 0 unspecified atom stereocenters. The van der Waals surface area contributed by atoms with Crippen LogP contribution < -0.4 is 0 Å². The molecule has 0 aliphatic rings. The first-order valence-corrected chi connectivity index (χ1v) is 2.70. The Morgan fingerprint density at radius 1 is 1.50 bits per heavy atom. The Hall–Kier alpha value is -0.660. The Labute approximate surface area is 49.9 Å². The number of hydrogen-bond acceptors (Lipinski definition) is 2. The average Bonchev–Trinajstić information content (AvgIpc) is 1.72. The summed E-state index contributed by atoms with van der Waals surface area (Å²) in [5.74, 6) is -0.0787. The Morgan fingerprint density at radius 2 is 1.88 bits per heavy atom. The molecule has 0 aromatic rings. The van der Waals surface area contributed by atoms with Crippen LogP contribution >= 0.6 is 0 Å². The fourth-order valence-electron chi connectivity index (χ4n) is 0.117. The minimum Gasteiger partial charge on any atom is -0.303 e. The van der Waals surface area contributed by atoms with Gasteiger partial charge in [-0.05, 0) is 6.92 Å². The number of ketones is 1. The lowest BCUT2D eigenvalue weighted by Gasteiger charge is -1.71. The number of carbonyl (C=O) groups is 2. The van der Waals surface area contributed by atoms with Crippen LogP contribution in [0.2, 0.25) is 0 Å². The molecule has 0 rings (SSSR count). The summed E-state index contributed by atoms with van der Waals surface area (Å²) < 4.78 is 0. The van der Waals surface area contributed by atoms with Crippen LogP contribution in [-0.2, 0) is 9.59 Å². The standard InChI is InChI=1S/C4H6O2.C2H6/c1-4(6)2-3-5;1-2/h3H,2H2,1H3;1-2H3. The van der Waals surface area contributed by atoms with Crippen LogP contribution in [0.1, 0.15) is 27.2 Å². The number of hydrogen-bond donors (Lipinski definition) is 0. The summed E-state index contributed by atoms with van der Waals surface area (Å²) in [5.41, 5.74) is 0. The van der Waals surface area contributed by atoms with E-state index in [1.54, 1.807) is 0 Å². The first-order chi connectivity index (χ1) is 3.77. The Balaban J connectivity index is 0. The second-order valence-corrected chi connectivity index (χ2v) is 1.07. The summed E-state index contributed by atoms with van der Waals surface area (Å²) in [7, 11) is 0. The van der Waals surface area contributed by atoms with Gasteiger partial charge in [-0.3, -0.25) is 4.79 Å². The van der Waals surface area contributed by atoms with E-state index in [1.165, 1.54) is 6.92 Å². The van der Waals surface area contributed by atoms with Crippen LogP contribution in [0.5, 0.6) is 0 Å². The molecule has 0 aromatic carbocycles. The average molecular weight is 116 g/mol. The van der Waals surface area contributed by atoms with E-state index in [1.807, 2.05) is 13.8 Å². The molecule has 2 nitrogen and oxygen atoms in total. The molecule has 0 saturated carbocycles. The topological polar surface area (TPSA) is 34.1 Å². The van der Waals surface area contributed by atoms with Gasteiger partial charge in [0.2, 0.25) is 0 Å². The minimum atomic E-state index is -0.0787. The van der Waals surface area contributed by atoms with Gasteiger partial charge >= 0.3 is 0 Å². The summed E-state index contributed by atoms with van der Waals surface area (Å²) in [6.45, 7) is 5.38. The highest BCUT2D eigenvalue weighted by Crippen LogP contribution is 1.69. The molecule has 8 heavy (non-hydrogen) atoms. The van der Waals surface area contributed by atoms with Gasteiger partial charge in [0.1, 0.15) is 12.1 Å². The number of aldehydes is 1. The summed E-state index contributed by atoms with van der Waals surface area (Å²) >= 11 is 0. The van der Waals surface area contributed by atoms with E-state index in [9.17, 15) is 9.59 Å². The molecule has 0 atom stereocenters. The quantitative estimate of drug-likeness (QED) is 0.401. The molecule has 0 aliphatic carbocycles. The molecule has 0 bridgehead atoms. The fraction of sp³-hybridized carbons (Fsp3) is 0.667. The van der Waals surface area contributed by atoms with Crippen LogP contribution in [0.3, 0.4) is 0 Å².